The van der Waals surface area contributed by atoms with Crippen molar-refractivity contribution in [2.45, 2.75) is 17.9 Å². The maximum atomic E-state index is 12.6. The van der Waals surface area contributed by atoms with Crippen molar-refractivity contribution < 1.29 is 8.42 Å². The van der Waals surface area contributed by atoms with Gasteiger partial charge >= 0.3 is 0 Å². The number of hydrogen-bond acceptors (Lipinski definition) is 3. The van der Waals surface area contributed by atoms with Crippen LogP contribution in [0.4, 0.5) is 0 Å². The van der Waals surface area contributed by atoms with Crippen LogP contribution in [0.15, 0.2) is 59.5 Å². The van der Waals surface area contributed by atoms with E-state index in [2.05, 4.69) is 0 Å². The van der Waals surface area contributed by atoms with Gasteiger partial charge < -0.3 is 0 Å². The zero-order chi connectivity index (χ0) is 15.5. The highest BCUT2D eigenvalue weighted by atomic mass is 32.2. The van der Waals surface area contributed by atoms with E-state index in [9.17, 15) is 8.42 Å². The molecule has 5 heteroatoms. The molecule has 0 saturated carbocycles. The van der Waals surface area contributed by atoms with E-state index >= 15 is 0 Å². The smallest absolute Gasteiger partial charge is 0.207 e. The van der Waals surface area contributed by atoms with Crippen LogP contribution in [0.25, 0.3) is 0 Å². The highest BCUT2D eigenvalue weighted by molar-refractivity contribution is 7.89. The van der Waals surface area contributed by atoms with Crippen molar-refractivity contribution in [1.29, 1.82) is 5.26 Å². The van der Waals surface area contributed by atoms with Crippen LogP contribution in [-0.2, 0) is 10.0 Å². The molecule has 0 bridgehead atoms. The zero-order valence-electron chi connectivity index (χ0n) is 11.9. The quantitative estimate of drug-likeness (QED) is 0.872. The fourth-order valence-electron chi connectivity index (χ4n) is 2.02. The minimum atomic E-state index is -3.59. The van der Waals surface area contributed by atoms with E-state index in [1.54, 1.807) is 7.05 Å². The van der Waals surface area contributed by atoms with E-state index in [1.165, 1.54) is 28.6 Å². The second kappa shape index (κ2) is 6.08. The second-order valence-corrected chi connectivity index (χ2v) is 6.74. The Labute approximate surface area is 125 Å². The zero-order valence-corrected chi connectivity index (χ0v) is 12.7. The van der Waals surface area contributed by atoms with Gasteiger partial charge in [0.25, 0.3) is 0 Å². The number of nitriles is 1. The number of rotatable bonds is 4. The van der Waals surface area contributed by atoms with Crippen molar-refractivity contribution in [3.8, 4) is 6.07 Å². The van der Waals surface area contributed by atoms with Crippen molar-refractivity contribution in [2.24, 2.45) is 0 Å². The molecule has 1 atom stereocenters. The van der Waals surface area contributed by atoms with Crippen molar-refractivity contribution in [3.05, 3.63) is 65.7 Å². The summed E-state index contributed by atoms with van der Waals surface area (Å²) in [5, 5.41) is 8.77. The van der Waals surface area contributed by atoms with Crippen molar-refractivity contribution >= 4 is 10.0 Å². The van der Waals surface area contributed by atoms with Crippen molar-refractivity contribution in [3.63, 3.8) is 0 Å². The average molecular weight is 300 g/mol. The predicted molar refractivity (Wildman–Crippen MR) is 81.0 cm³/mol. The Morgan fingerprint density at radius 2 is 1.62 bits per heavy atom. The van der Waals surface area contributed by atoms with Gasteiger partial charge in [0, 0.05) is 13.1 Å². The van der Waals surface area contributed by atoms with E-state index in [0.717, 1.165) is 5.56 Å². The van der Waals surface area contributed by atoms with E-state index in [-0.39, 0.29) is 10.9 Å². The van der Waals surface area contributed by atoms with Crippen LogP contribution in [0, 0.1) is 11.3 Å². The average Bonchev–Trinajstić information content (AvgIpc) is 2.54. The molecule has 0 aliphatic rings. The number of nitrogens with zero attached hydrogens (tertiary/aromatic N) is 2. The summed E-state index contributed by atoms with van der Waals surface area (Å²) in [7, 11) is -2.03. The Bertz CT molecular complexity index is 747. The van der Waals surface area contributed by atoms with Gasteiger partial charge in [-0.1, -0.05) is 30.3 Å². The Morgan fingerprint density at radius 1 is 1.05 bits per heavy atom. The van der Waals surface area contributed by atoms with Crippen LogP contribution in [0.5, 0.6) is 0 Å². The molecule has 2 aromatic rings. The van der Waals surface area contributed by atoms with Gasteiger partial charge in [0.2, 0.25) is 10.0 Å². The van der Waals surface area contributed by atoms with E-state index < -0.39 is 10.0 Å². The summed E-state index contributed by atoms with van der Waals surface area (Å²) in [5.41, 5.74) is 1.37. The van der Waals surface area contributed by atoms with Crippen LogP contribution in [0.3, 0.4) is 0 Å². The van der Waals surface area contributed by atoms with E-state index in [4.69, 9.17) is 5.26 Å². The standard InChI is InChI=1S/C16H16N2O2S/c1-13(15-6-4-3-5-7-15)18(2)21(19,20)16-10-8-14(12-17)9-11-16/h3-11,13H,1-2H3. The van der Waals surface area contributed by atoms with Gasteiger partial charge in [-0.15, -0.1) is 0 Å². The first kappa shape index (κ1) is 15.2. The Hall–Kier alpha value is -2.16. The van der Waals surface area contributed by atoms with Crippen LogP contribution >= 0.6 is 0 Å². The van der Waals surface area contributed by atoms with Gasteiger partial charge in [-0.05, 0) is 36.8 Å². The predicted octanol–water partition coefficient (Wildman–Crippen LogP) is 2.94. The second-order valence-electron chi connectivity index (χ2n) is 4.74. The summed E-state index contributed by atoms with van der Waals surface area (Å²) in [5.74, 6) is 0. The molecule has 2 rings (SSSR count). The van der Waals surface area contributed by atoms with Gasteiger partial charge in [-0.3, -0.25) is 0 Å². The highest BCUT2D eigenvalue weighted by Crippen LogP contribution is 2.25. The van der Waals surface area contributed by atoms with Crippen LogP contribution in [0.1, 0.15) is 24.1 Å². The maximum Gasteiger partial charge on any atom is 0.243 e. The van der Waals surface area contributed by atoms with E-state index in [0.29, 0.717) is 5.56 Å². The van der Waals surface area contributed by atoms with E-state index in [1.807, 2.05) is 43.3 Å². The lowest BCUT2D eigenvalue weighted by atomic mass is 10.1. The molecule has 0 amide bonds. The van der Waals surface area contributed by atoms with Crippen LogP contribution < -0.4 is 0 Å². The molecule has 0 heterocycles. The highest BCUT2D eigenvalue weighted by Gasteiger charge is 2.26. The van der Waals surface area contributed by atoms with Gasteiger partial charge in [0.15, 0.2) is 0 Å². The summed E-state index contributed by atoms with van der Waals surface area (Å²) >= 11 is 0. The fraction of sp³-hybridized carbons (Fsp3) is 0.188. The molecule has 0 spiro atoms. The number of benzene rings is 2. The summed E-state index contributed by atoms with van der Waals surface area (Å²) in [6.07, 6.45) is 0. The first-order chi connectivity index (χ1) is 9.96. The lowest BCUT2D eigenvalue weighted by Gasteiger charge is -2.24. The number of hydrogen-bond donors (Lipinski definition) is 0. The summed E-state index contributed by atoms with van der Waals surface area (Å²) in [4.78, 5) is 0.187. The molecule has 2 aromatic carbocycles. The largest absolute Gasteiger partial charge is 0.243 e. The van der Waals surface area contributed by atoms with Crippen LogP contribution in [0.2, 0.25) is 0 Å². The molecule has 0 fully saturated rings. The lowest BCUT2D eigenvalue weighted by molar-refractivity contribution is 0.398. The molecule has 21 heavy (non-hydrogen) atoms. The first-order valence-electron chi connectivity index (χ1n) is 6.50. The molecule has 108 valence electrons. The molecule has 0 radical (unpaired) electrons. The molecule has 0 aliphatic carbocycles. The normalized spacial score (nSPS) is 12.9. The molecule has 0 N–H and O–H groups in total. The SMILES string of the molecule is CC(c1ccccc1)N(C)S(=O)(=O)c1ccc(C#N)cc1. The molecular weight excluding hydrogens is 284 g/mol. The fourth-order valence-corrected chi connectivity index (χ4v) is 3.37. The van der Waals surface area contributed by atoms with Crippen molar-refractivity contribution in [1.82, 2.24) is 4.31 Å². The first-order valence-corrected chi connectivity index (χ1v) is 7.94. The molecule has 0 saturated heterocycles. The minimum absolute atomic E-state index is 0.187. The lowest BCUT2D eigenvalue weighted by Crippen LogP contribution is -2.29. The molecule has 0 aromatic heterocycles. The summed E-state index contributed by atoms with van der Waals surface area (Å²) < 4.78 is 26.5. The maximum absolute atomic E-state index is 12.6. The molecule has 4 nitrogen and oxygen atoms in total. The van der Waals surface area contributed by atoms with Gasteiger partial charge in [-0.2, -0.15) is 9.57 Å². The summed E-state index contributed by atoms with van der Waals surface area (Å²) in [6, 6.07) is 17.1. The third-order valence-electron chi connectivity index (χ3n) is 3.49. The summed E-state index contributed by atoms with van der Waals surface area (Å²) in [6.45, 7) is 1.84. The Morgan fingerprint density at radius 3 is 2.14 bits per heavy atom. The molecule has 0 aliphatic heterocycles. The van der Waals surface area contributed by atoms with Gasteiger partial charge in [0.1, 0.15) is 0 Å². The number of sulfonamides is 1. The molecule has 1 unspecified atom stereocenters. The topological polar surface area (TPSA) is 61.2 Å². The molecular formula is C16H16N2O2S. The van der Waals surface area contributed by atoms with Crippen LogP contribution in [-0.4, -0.2) is 19.8 Å². The van der Waals surface area contributed by atoms with Gasteiger partial charge in [0.05, 0.1) is 16.5 Å². The Balaban J connectivity index is 2.32. The third kappa shape index (κ3) is 3.13. The third-order valence-corrected chi connectivity index (χ3v) is 5.43. The Kier molecular flexibility index (Phi) is 4.41. The van der Waals surface area contributed by atoms with Crippen molar-refractivity contribution in [2.75, 3.05) is 7.05 Å². The van der Waals surface area contributed by atoms with Gasteiger partial charge in [-0.25, -0.2) is 8.42 Å². The minimum Gasteiger partial charge on any atom is -0.207 e. The monoisotopic (exact) mass is 300 g/mol.